The molecule has 0 aliphatic rings. The number of aryl methyl sites for hydroxylation is 1. The van der Waals surface area contributed by atoms with E-state index in [1.807, 2.05) is 20.2 Å². The van der Waals surface area contributed by atoms with Gasteiger partial charge in [-0.25, -0.2) is 0 Å². The van der Waals surface area contributed by atoms with E-state index < -0.39 is 0 Å². The predicted octanol–water partition coefficient (Wildman–Crippen LogP) is 1.59. The van der Waals surface area contributed by atoms with Gasteiger partial charge in [-0.15, -0.1) is 10.2 Å². The summed E-state index contributed by atoms with van der Waals surface area (Å²) in [4.78, 5) is 10.8. The summed E-state index contributed by atoms with van der Waals surface area (Å²) in [7, 11) is 2.04. The van der Waals surface area contributed by atoms with Crippen LogP contribution in [0, 0.1) is 6.92 Å². The van der Waals surface area contributed by atoms with Crippen molar-refractivity contribution in [3.63, 3.8) is 0 Å². The standard InChI is InChI=1S/C13H20N6/c1-10(2)19-9-16-17-13(19)8-18(4)7-12-6-14-11(3)5-15-12/h5-6,9-10H,7-8H2,1-4H3. The first kappa shape index (κ1) is 13.6. The van der Waals surface area contributed by atoms with Crippen molar-refractivity contribution in [2.45, 2.75) is 39.9 Å². The van der Waals surface area contributed by atoms with Crippen LogP contribution in [0.1, 0.15) is 37.1 Å². The average Bonchev–Trinajstić information content (AvgIpc) is 2.80. The van der Waals surface area contributed by atoms with Gasteiger partial charge in [0.1, 0.15) is 12.2 Å². The molecule has 0 unspecified atom stereocenters. The molecular formula is C13H20N6. The maximum Gasteiger partial charge on any atom is 0.147 e. The molecule has 102 valence electrons. The second-order valence-corrected chi connectivity index (χ2v) is 5.07. The molecule has 0 amide bonds. The Morgan fingerprint density at radius 3 is 2.63 bits per heavy atom. The van der Waals surface area contributed by atoms with E-state index in [-0.39, 0.29) is 0 Å². The molecule has 6 heteroatoms. The molecular weight excluding hydrogens is 240 g/mol. The highest BCUT2D eigenvalue weighted by atomic mass is 15.3. The Balaban J connectivity index is 1.99. The highest BCUT2D eigenvalue weighted by Crippen LogP contribution is 2.09. The van der Waals surface area contributed by atoms with Crippen molar-refractivity contribution >= 4 is 0 Å². The van der Waals surface area contributed by atoms with Crippen LogP contribution in [0.25, 0.3) is 0 Å². The van der Waals surface area contributed by atoms with E-state index in [0.717, 1.165) is 30.3 Å². The molecule has 0 aromatic carbocycles. The summed E-state index contributed by atoms with van der Waals surface area (Å²) >= 11 is 0. The number of hydrogen-bond donors (Lipinski definition) is 0. The lowest BCUT2D eigenvalue weighted by Gasteiger charge is -2.17. The summed E-state index contributed by atoms with van der Waals surface area (Å²) in [6, 6.07) is 0.373. The maximum atomic E-state index is 4.36. The van der Waals surface area contributed by atoms with Crippen LogP contribution in [0.5, 0.6) is 0 Å². The van der Waals surface area contributed by atoms with Gasteiger partial charge < -0.3 is 4.57 Å². The third kappa shape index (κ3) is 3.57. The summed E-state index contributed by atoms with van der Waals surface area (Å²) < 4.78 is 2.08. The molecule has 0 N–H and O–H groups in total. The van der Waals surface area contributed by atoms with Gasteiger partial charge in [-0.05, 0) is 27.8 Å². The predicted molar refractivity (Wildman–Crippen MR) is 72.3 cm³/mol. The van der Waals surface area contributed by atoms with Crippen molar-refractivity contribution in [3.05, 3.63) is 35.9 Å². The van der Waals surface area contributed by atoms with E-state index in [0.29, 0.717) is 6.04 Å². The molecule has 0 aliphatic heterocycles. The average molecular weight is 260 g/mol. The molecule has 0 saturated heterocycles. The van der Waals surface area contributed by atoms with Crippen LogP contribution in [0.15, 0.2) is 18.7 Å². The number of aromatic nitrogens is 5. The van der Waals surface area contributed by atoms with Crippen LogP contribution in [-0.2, 0) is 13.1 Å². The zero-order chi connectivity index (χ0) is 13.8. The van der Waals surface area contributed by atoms with Gasteiger partial charge in [-0.1, -0.05) is 0 Å². The Morgan fingerprint density at radius 2 is 2.00 bits per heavy atom. The minimum atomic E-state index is 0.373. The molecule has 2 aromatic heterocycles. The van der Waals surface area contributed by atoms with Gasteiger partial charge in [0.05, 0.1) is 17.9 Å². The van der Waals surface area contributed by atoms with E-state index in [1.54, 1.807) is 12.5 Å². The van der Waals surface area contributed by atoms with E-state index >= 15 is 0 Å². The van der Waals surface area contributed by atoms with Gasteiger partial charge in [0, 0.05) is 25.0 Å². The van der Waals surface area contributed by atoms with Gasteiger partial charge in [0.2, 0.25) is 0 Å². The third-order valence-corrected chi connectivity index (χ3v) is 2.88. The van der Waals surface area contributed by atoms with Crippen LogP contribution < -0.4 is 0 Å². The number of hydrogen-bond acceptors (Lipinski definition) is 5. The summed E-state index contributed by atoms with van der Waals surface area (Å²) in [5.41, 5.74) is 1.90. The Bertz CT molecular complexity index is 516. The first-order chi connectivity index (χ1) is 9.06. The lowest BCUT2D eigenvalue weighted by atomic mass is 10.3. The van der Waals surface area contributed by atoms with Crippen molar-refractivity contribution in [3.8, 4) is 0 Å². The Labute approximate surface area is 113 Å². The zero-order valence-corrected chi connectivity index (χ0v) is 11.9. The first-order valence-corrected chi connectivity index (χ1v) is 6.40. The normalized spacial score (nSPS) is 11.5. The SMILES string of the molecule is Cc1cnc(CN(C)Cc2nncn2C(C)C)cn1. The molecule has 0 spiro atoms. The van der Waals surface area contributed by atoms with Crippen molar-refractivity contribution < 1.29 is 0 Å². The fourth-order valence-corrected chi connectivity index (χ4v) is 1.89. The molecule has 2 aromatic rings. The third-order valence-electron chi connectivity index (χ3n) is 2.88. The molecule has 2 heterocycles. The van der Waals surface area contributed by atoms with Crippen molar-refractivity contribution in [1.29, 1.82) is 0 Å². The van der Waals surface area contributed by atoms with Crippen molar-refractivity contribution in [2.75, 3.05) is 7.05 Å². The summed E-state index contributed by atoms with van der Waals surface area (Å²) in [6.07, 6.45) is 5.39. The van der Waals surface area contributed by atoms with Gasteiger partial charge in [0.15, 0.2) is 0 Å². The minimum Gasteiger partial charge on any atom is -0.314 e. The van der Waals surface area contributed by atoms with E-state index in [1.165, 1.54) is 0 Å². The summed E-state index contributed by atoms with van der Waals surface area (Å²) in [6.45, 7) is 7.67. The molecule has 19 heavy (non-hydrogen) atoms. The number of rotatable bonds is 5. The topological polar surface area (TPSA) is 59.7 Å². The summed E-state index contributed by atoms with van der Waals surface area (Å²) in [5.74, 6) is 0.970. The molecule has 0 atom stereocenters. The molecule has 2 rings (SSSR count). The van der Waals surface area contributed by atoms with E-state index in [9.17, 15) is 0 Å². The Morgan fingerprint density at radius 1 is 1.21 bits per heavy atom. The largest absolute Gasteiger partial charge is 0.314 e. The molecule has 0 bridgehead atoms. The Hall–Kier alpha value is -1.82. The minimum absolute atomic E-state index is 0.373. The van der Waals surface area contributed by atoms with Crippen LogP contribution in [0.2, 0.25) is 0 Å². The first-order valence-electron chi connectivity index (χ1n) is 6.40. The van der Waals surface area contributed by atoms with E-state index in [4.69, 9.17) is 0 Å². The monoisotopic (exact) mass is 260 g/mol. The van der Waals surface area contributed by atoms with Crippen LogP contribution in [0.3, 0.4) is 0 Å². The molecule has 0 fully saturated rings. The van der Waals surface area contributed by atoms with Crippen LogP contribution in [-0.4, -0.2) is 36.7 Å². The molecule has 0 saturated carbocycles. The van der Waals surface area contributed by atoms with Gasteiger partial charge in [-0.2, -0.15) is 0 Å². The highest BCUT2D eigenvalue weighted by molar-refractivity contribution is 5.00. The lowest BCUT2D eigenvalue weighted by Crippen LogP contribution is -2.21. The fraction of sp³-hybridized carbons (Fsp3) is 0.538. The second kappa shape index (κ2) is 5.88. The molecule has 6 nitrogen and oxygen atoms in total. The lowest BCUT2D eigenvalue weighted by molar-refractivity contribution is 0.298. The summed E-state index contributed by atoms with van der Waals surface area (Å²) in [5, 5.41) is 8.14. The smallest absolute Gasteiger partial charge is 0.147 e. The highest BCUT2D eigenvalue weighted by Gasteiger charge is 2.10. The molecule has 0 radical (unpaired) electrons. The van der Waals surface area contributed by atoms with Crippen LogP contribution >= 0.6 is 0 Å². The fourth-order valence-electron chi connectivity index (χ4n) is 1.89. The maximum absolute atomic E-state index is 4.36. The van der Waals surface area contributed by atoms with E-state index in [2.05, 4.69) is 43.5 Å². The van der Waals surface area contributed by atoms with Crippen molar-refractivity contribution in [1.82, 2.24) is 29.6 Å². The van der Waals surface area contributed by atoms with Crippen LogP contribution in [0.4, 0.5) is 0 Å². The second-order valence-electron chi connectivity index (χ2n) is 5.07. The Kier molecular flexibility index (Phi) is 4.21. The van der Waals surface area contributed by atoms with Gasteiger partial charge >= 0.3 is 0 Å². The molecule has 0 aliphatic carbocycles. The van der Waals surface area contributed by atoms with Gasteiger partial charge in [-0.3, -0.25) is 14.9 Å². The van der Waals surface area contributed by atoms with Gasteiger partial charge in [0.25, 0.3) is 0 Å². The quantitative estimate of drug-likeness (QED) is 0.817. The van der Waals surface area contributed by atoms with Crippen molar-refractivity contribution in [2.24, 2.45) is 0 Å². The zero-order valence-electron chi connectivity index (χ0n) is 11.9. The number of nitrogens with zero attached hydrogens (tertiary/aromatic N) is 6.